The van der Waals surface area contributed by atoms with E-state index in [4.69, 9.17) is 10.5 Å². The Kier molecular flexibility index (Phi) is 6.05. The number of ether oxygens (including phenoxy) is 1. The van der Waals surface area contributed by atoms with Crippen LogP contribution in [-0.4, -0.2) is 36.5 Å². The van der Waals surface area contributed by atoms with Crippen molar-refractivity contribution in [1.82, 2.24) is 4.90 Å². The molecule has 1 heterocycles. The quantitative estimate of drug-likeness (QED) is 0.817. The number of nitrogens with zero attached hydrogens (tertiary/aromatic N) is 1. The van der Waals surface area contributed by atoms with Gasteiger partial charge in [0.25, 0.3) is 5.91 Å². The van der Waals surface area contributed by atoms with E-state index in [1.807, 2.05) is 29.2 Å². The predicted octanol–water partition coefficient (Wildman–Crippen LogP) is 3.46. The number of hydrogen-bond acceptors (Lipinski definition) is 3. The summed E-state index contributed by atoms with van der Waals surface area (Å²) in [5, 5.41) is 0. The first-order chi connectivity index (χ1) is 10.9. The van der Waals surface area contributed by atoms with Crippen LogP contribution in [0.5, 0.6) is 5.75 Å². The van der Waals surface area contributed by atoms with Crippen molar-refractivity contribution in [3.8, 4) is 5.75 Å². The molecule has 2 rings (SSSR count). The third kappa shape index (κ3) is 4.71. The highest BCUT2D eigenvalue weighted by Gasteiger charge is 2.35. The Hall–Kier alpha value is -1.55. The van der Waals surface area contributed by atoms with E-state index in [1.165, 1.54) is 12.8 Å². The van der Waals surface area contributed by atoms with Gasteiger partial charge in [0.1, 0.15) is 5.75 Å². The van der Waals surface area contributed by atoms with Gasteiger partial charge in [-0.05, 0) is 42.5 Å². The zero-order valence-corrected chi connectivity index (χ0v) is 14.7. The molecule has 1 aromatic rings. The second-order valence-corrected chi connectivity index (χ2v) is 7.19. The van der Waals surface area contributed by atoms with Gasteiger partial charge in [-0.15, -0.1) is 0 Å². The van der Waals surface area contributed by atoms with Crippen LogP contribution in [-0.2, 0) is 0 Å². The number of amides is 1. The third-order valence-electron chi connectivity index (χ3n) is 4.72. The molecule has 0 bridgehead atoms. The van der Waals surface area contributed by atoms with Crippen LogP contribution in [0.15, 0.2) is 24.3 Å². The summed E-state index contributed by atoms with van der Waals surface area (Å²) in [5.41, 5.74) is 6.83. The van der Waals surface area contributed by atoms with Crippen LogP contribution in [0.3, 0.4) is 0 Å². The minimum atomic E-state index is -0.0315. The SMILES string of the molecule is CCCCCOc1ccc(C(=O)N2CCC(N)C(C)(C)C2)cc1. The van der Waals surface area contributed by atoms with E-state index < -0.39 is 0 Å². The van der Waals surface area contributed by atoms with Crippen molar-refractivity contribution in [3.63, 3.8) is 0 Å². The minimum absolute atomic E-state index is 0.0315. The van der Waals surface area contributed by atoms with Crippen molar-refractivity contribution in [2.45, 2.75) is 52.5 Å². The lowest BCUT2D eigenvalue weighted by atomic mass is 9.79. The molecule has 0 spiro atoms. The van der Waals surface area contributed by atoms with Crippen LogP contribution >= 0.6 is 0 Å². The van der Waals surface area contributed by atoms with Gasteiger partial charge in [0.2, 0.25) is 0 Å². The zero-order chi connectivity index (χ0) is 16.9. The van der Waals surface area contributed by atoms with Crippen molar-refractivity contribution in [1.29, 1.82) is 0 Å². The van der Waals surface area contributed by atoms with Crippen molar-refractivity contribution in [3.05, 3.63) is 29.8 Å². The molecule has 2 N–H and O–H groups in total. The average Bonchev–Trinajstić information content (AvgIpc) is 2.54. The molecule has 0 saturated carbocycles. The number of carbonyl (C=O) groups excluding carboxylic acids is 1. The largest absolute Gasteiger partial charge is 0.494 e. The predicted molar refractivity (Wildman–Crippen MR) is 93.7 cm³/mol. The van der Waals surface area contributed by atoms with Crippen LogP contribution < -0.4 is 10.5 Å². The van der Waals surface area contributed by atoms with E-state index >= 15 is 0 Å². The van der Waals surface area contributed by atoms with Gasteiger partial charge < -0.3 is 15.4 Å². The summed E-state index contributed by atoms with van der Waals surface area (Å²) < 4.78 is 5.69. The molecule has 4 heteroatoms. The third-order valence-corrected chi connectivity index (χ3v) is 4.72. The van der Waals surface area contributed by atoms with E-state index in [2.05, 4.69) is 20.8 Å². The van der Waals surface area contributed by atoms with Gasteiger partial charge in [-0.3, -0.25) is 4.79 Å². The second-order valence-electron chi connectivity index (χ2n) is 7.19. The number of rotatable bonds is 6. The maximum absolute atomic E-state index is 12.6. The van der Waals surface area contributed by atoms with Gasteiger partial charge in [-0.2, -0.15) is 0 Å². The first kappa shape index (κ1) is 17.8. The molecule has 1 unspecified atom stereocenters. The highest BCUT2D eigenvalue weighted by atomic mass is 16.5. The molecule has 1 saturated heterocycles. The topological polar surface area (TPSA) is 55.6 Å². The van der Waals surface area contributed by atoms with E-state index in [0.29, 0.717) is 6.54 Å². The highest BCUT2D eigenvalue weighted by molar-refractivity contribution is 5.94. The van der Waals surface area contributed by atoms with E-state index in [-0.39, 0.29) is 17.4 Å². The molecular weight excluding hydrogens is 288 g/mol. The molecule has 1 amide bonds. The summed E-state index contributed by atoms with van der Waals surface area (Å²) in [6.45, 7) is 8.62. The molecule has 128 valence electrons. The van der Waals surface area contributed by atoms with Crippen LogP contribution in [0.4, 0.5) is 0 Å². The molecule has 23 heavy (non-hydrogen) atoms. The Bertz CT molecular complexity index is 511. The first-order valence-corrected chi connectivity index (χ1v) is 8.72. The fourth-order valence-electron chi connectivity index (χ4n) is 2.97. The Balaban J connectivity index is 1.92. The number of unbranched alkanes of at least 4 members (excludes halogenated alkanes) is 2. The molecule has 1 aliphatic rings. The maximum atomic E-state index is 12.6. The van der Waals surface area contributed by atoms with Crippen LogP contribution in [0, 0.1) is 5.41 Å². The Morgan fingerprint density at radius 2 is 2.00 bits per heavy atom. The lowest BCUT2D eigenvalue weighted by molar-refractivity contribution is 0.0533. The van der Waals surface area contributed by atoms with Crippen molar-refractivity contribution in [2.75, 3.05) is 19.7 Å². The number of piperidine rings is 1. The summed E-state index contributed by atoms with van der Waals surface area (Å²) in [6, 6.07) is 7.66. The average molecular weight is 318 g/mol. The molecule has 0 radical (unpaired) electrons. The van der Waals surface area contributed by atoms with Gasteiger partial charge in [0, 0.05) is 24.7 Å². The number of hydrogen-bond donors (Lipinski definition) is 1. The van der Waals surface area contributed by atoms with E-state index in [0.717, 1.165) is 37.3 Å². The Morgan fingerprint density at radius 1 is 1.30 bits per heavy atom. The summed E-state index contributed by atoms with van der Waals surface area (Å²) >= 11 is 0. The minimum Gasteiger partial charge on any atom is -0.494 e. The number of nitrogens with two attached hydrogens (primary N) is 1. The summed E-state index contributed by atoms with van der Waals surface area (Å²) in [4.78, 5) is 14.6. The first-order valence-electron chi connectivity index (χ1n) is 8.72. The van der Waals surface area contributed by atoms with Gasteiger partial charge >= 0.3 is 0 Å². The van der Waals surface area contributed by atoms with Crippen molar-refractivity contribution >= 4 is 5.91 Å². The normalized spacial score (nSPS) is 20.3. The fraction of sp³-hybridized carbons (Fsp3) is 0.632. The summed E-state index contributed by atoms with van der Waals surface area (Å²) in [7, 11) is 0. The standard InChI is InChI=1S/C19H30N2O2/c1-4-5-6-13-23-16-9-7-15(8-10-16)18(22)21-12-11-17(20)19(2,3)14-21/h7-10,17H,4-6,11-14,20H2,1-3H3. The zero-order valence-electron chi connectivity index (χ0n) is 14.7. The van der Waals surface area contributed by atoms with Gasteiger partial charge in [0.15, 0.2) is 0 Å². The van der Waals surface area contributed by atoms with Gasteiger partial charge in [0.05, 0.1) is 6.61 Å². The molecule has 1 atom stereocenters. The van der Waals surface area contributed by atoms with Crippen molar-refractivity contribution in [2.24, 2.45) is 11.1 Å². The second kappa shape index (κ2) is 7.82. The lowest BCUT2D eigenvalue weighted by Gasteiger charge is -2.42. The Labute approximate surface area is 140 Å². The fourth-order valence-corrected chi connectivity index (χ4v) is 2.97. The van der Waals surface area contributed by atoms with Gasteiger partial charge in [-0.1, -0.05) is 33.6 Å². The highest BCUT2D eigenvalue weighted by Crippen LogP contribution is 2.28. The van der Waals surface area contributed by atoms with E-state index in [9.17, 15) is 4.79 Å². The molecule has 1 aliphatic heterocycles. The summed E-state index contributed by atoms with van der Waals surface area (Å²) in [6.07, 6.45) is 4.30. The summed E-state index contributed by atoms with van der Waals surface area (Å²) in [5.74, 6) is 0.918. The molecule has 0 aromatic heterocycles. The lowest BCUT2D eigenvalue weighted by Crippen LogP contribution is -2.53. The monoisotopic (exact) mass is 318 g/mol. The number of likely N-dealkylation sites (tertiary alicyclic amines) is 1. The Morgan fingerprint density at radius 3 is 2.61 bits per heavy atom. The molecular formula is C19H30N2O2. The van der Waals surface area contributed by atoms with Gasteiger partial charge in [-0.25, -0.2) is 0 Å². The van der Waals surface area contributed by atoms with Crippen LogP contribution in [0.25, 0.3) is 0 Å². The van der Waals surface area contributed by atoms with E-state index in [1.54, 1.807) is 0 Å². The number of carbonyl (C=O) groups is 1. The smallest absolute Gasteiger partial charge is 0.253 e. The number of benzene rings is 1. The molecule has 1 aromatic carbocycles. The van der Waals surface area contributed by atoms with Crippen molar-refractivity contribution < 1.29 is 9.53 Å². The molecule has 4 nitrogen and oxygen atoms in total. The maximum Gasteiger partial charge on any atom is 0.253 e. The molecule has 1 fully saturated rings. The molecule has 0 aliphatic carbocycles. The van der Waals surface area contributed by atoms with Crippen LogP contribution in [0.1, 0.15) is 56.8 Å². The van der Waals surface area contributed by atoms with Crippen LogP contribution in [0.2, 0.25) is 0 Å².